The van der Waals surface area contributed by atoms with Crippen LogP contribution in [-0.2, 0) is 30.3 Å². The van der Waals surface area contributed by atoms with Crippen LogP contribution >= 0.6 is 0 Å². The van der Waals surface area contributed by atoms with E-state index in [-0.39, 0.29) is 38.4 Å². The van der Waals surface area contributed by atoms with Crippen LogP contribution in [0.25, 0.3) is 0 Å². The molecule has 12 nitrogen and oxygen atoms in total. The first-order valence-corrected chi connectivity index (χ1v) is 11.6. The van der Waals surface area contributed by atoms with Crippen molar-refractivity contribution in [2.24, 2.45) is 16.5 Å². The molecule has 0 radical (unpaired) electrons. The number of nitrogens with zero attached hydrogens (tertiary/aromatic N) is 1. The van der Waals surface area contributed by atoms with Gasteiger partial charge in [-0.2, -0.15) is 0 Å². The zero-order valence-electron chi connectivity index (χ0n) is 20.5. The van der Waals surface area contributed by atoms with Crippen molar-refractivity contribution in [2.45, 2.75) is 50.7 Å². The van der Waals surface area contributed by atoms with E-state index in [2.05, 4.69) is 20.9 Å². The third-order valence-electron chi connectivity index (χ3n) is 5.32. The summed E-state index contributed by atoms with van der Waals surface area (Å²) in [5, 5.41) is 7.97. The molecule has 7 N–H and O–H groups in total. The van der Waals surface area contributed by atoms with Gasteiger partial charge in [0.15, 0.2) is 5.96 Å². The fraction of sp³-hybridized carbons (Fsp3) is 0.458. The minimum Gasteiger partial charge on any atom is -0.490 e. The summed E-state index contributed by atoms with van der Waals surface area (Å²) in [5.41, 5.74) is 11.5. The first-order valence-electron chi connectivity index (χ1n) is 11.6. The highest BCUT2D eigenvalue weighted by Crippen LogP contribution is 2.14. The lowest BCUT2D eigenvalue weighted by molar-refractivity contribution is -0.145. The van der Waals surface area contributed by atoms with Crippen LogP contribution in [0.1, 0.15) is 31.7 Å². The molecule has 2 bridgehead atoms. The van der Waals surface area contributed by atoms with Gasteiger partial charge in [-0.1, -0.05) is 24.3 Å². The van der Waals surface area contributed by atoms with Crippen LogP contribution in [0, 0.1) is 0 Å². The summed E-state index contributed by atoms with van der Waals surface area (Å²) in [6, 6.07) is 4.20. The number of carbonyl (C=O) groups is 4. The Kier molecular flexibility index (Phi) is 11.2. The summed E-state index contributed by atoms with van der Waals surface area (Å²) in [6.45, 7) is 1.80. The predicted molar refractivity (Wildman–Crippen MR) is 133 cm³/mol. The molecule has 0 aliphatic carbocycles. The second-order valence-electron chi connectivity index (χ2n) is 8.21. The molecule has 2 aliphatic rings. The van der Waals surface area contributed by atoms with Crippen molar-refractivity contribution >= 4 is 29.7 Å². The van der Waals surface area contributed by atoms with E-state index in [4.69, 9.17) is 20.9 Å². The van der Waals surface area contributed by atoms with Gasteiger partial charge in [-0.05, 0) is 37.0 Å². The molecule has 0 fully saturated rings. The Morgan fingerprint density at radius 1 is 1.14 bits per heavy atom. The van der Waals surface area contributed by atoms with E-state index in [1.807, 2.05) is 0 Å². The van der Waals surface area contributed by atoms with Crippen LogP contribution in [0.2, 0.25) is 0 Å². The van der Waals surface area contributed by atoms with Gasteiger partial charge in [0, 0.05) is 19.9 Å². The van der Waals surface area contributed by atoms with E-state index in [1.54, 1.807) is 36.4 Å². The number of amides is 3. The average Bonchev–Trinajstić information content (AvgIpc) is 2.84. The number of methoxy groups -OCH3 is 1. The van der Waals surface area contributed by atoms with Gasteiger partial charge in [0.05, 0.1) is 7.11 Å². The summed E-state index contributed by atoms with van der Waals surface area (Å²) < 4.78 is 10.5. The monoisotopic (exact) mass is 502 g/mol. The van der Waals surface area contributed by atoms with Gasteiger partial charge in [-0.3, -0.25) is 19.4 Å². The second-order valence-corrected chi connectivity index (χ2v) is 8.21. The van der Waals surface area contributed by atoms with Crippen molar-refractivity contribution in [1.82, 2.24) is 16.0 Å². The van der Waals surface area contributed by atoms with Gasteiger partial charge in [0.2, 0.25) is 17.7 Å². The molecule has 1 aromatic rings. The zero-order chi connectivity index (χ0) is 26.5. The molecule has 12 heteroatoms. The van der Waals surface area contributed by atoms with Crippen LogP contribution in [0.3, 0.4) is 0 Å². The first-order chi connectivity index (χ1) is 17.2. The lowest BCUT2D eigenvalue weighted by Crippen LogP contribution is -2.56. The van der Waals surface area contributed by atoms with Crippen LogP contribution in [0.5, 0.6) is 5.75 Å². The van der Waals surface area contributed by atoms with Crippen molar-refractivity contribution in [3.05, 3.63) is 42.0 Å². The number of fused-ring (bicyclic) bond motifs is 13. The Morgan fingerprint density at radius 2 is 1.86 bits per heavy atom. The number of nitrogens with one attached hydrogen (secondary N) is 3. The summed E-state index contributed by atoms with van der Waals surface area (Å²) in [6.07, 6.45) is 4.35. The molecular formula is C24H34N6O6. The van der Waals surface area contributed by atoms with E-state index in [9.17, 15) is 19.2 Å². The maximum Gasteiger partial charge on any atom is 0.328 e. The molecule has 3 amide bonds. The molecule has 0 unspecified atom stereocenters. The molecule has 1 aromatic carbocycles. The van der Waals surface area contributed by atoms with Crippen LogP contribution in [0.15, 0.2) is 41.4 Å². The Morgan fingerprint density at radius 3 is 2.50 bits per heavy atom. The van der Waals surface area contributed by atoms with E-state index in [1.165, 1.54) is 14.0 Å². The average molecular weight is 503 g/mol. The molecule has 3 atom stereocenters. The molecule has 0 spiro atoms. The van der Waals surface area contributed by atoms with Crippen LogP contribution in [-0.4, -0.2) is 68.0 Å². The van der Waals surface area contributed by atoms with Gasteiger partial charge in [0.25, 0.3) is 0 Å². The second kappa shape index (κ2) is 14.3. The minimum absolute atomic E-state index is 0.0874. The molecule has 0 aromatic heterocycles. The Balaban J connectivity index is 2.34. The van der Waals surface area contributed by atoms with Crippen LogP contribution in [0.4, 0.5) is 0 Å². The Hall–Kier alpha value is -4.09. The number of guanidine groups is 1. The highest BCUT2D eigenvalue weighted by atomic mass is 16.5. The molecule has 3 rings (SSSR count). The number of esters is 1. The van der Waals surface area contributed by atoms with E-state index < -0.39 is 41.8 Å². The molecule has 0 saturated heterocycles. The predicted octanol–water partition coefficient (Wildman–Crippen LogP) is -0.731. The number of nitrogens with two attached hydrogens (primary N) is 2. The lowest BCUT2D eigenvalue weighted by atomic mass is 10.0. The first kappa shape index (κ1) is 28.1. The normalized spacial score (nSPS) is 21.7. The topological polar surface area (TPSA) is 187 Å². The zero-order valence-corrected chi connectivity index (χ0v) is 20.5. The summed E-state index contributed by atoms with van der Waals surface area (Å²) >= 11 is 0. The number of carbonyl (C=O) groups excluding carboxylic acids is 4. The smallest absolute Gasteiger partial charge is 0.328 e. The van der Waals surface area contributed by atoms with Crippen molar-refractivity contribution < 1.29 is 28.7 Å². The highest BCUT2D eigenvalue weighted by molar-refractivity contribution is 5.93. The number of benzene rings is 1. The van der Waals surface area contributed by atoms with Gasteiger partial charge in [-0.15, -0.1) is 0 Å². The summed E-state index contributed by atoms with van der Waals surface area (Å²) in [4.78, 5) is 54.3. The maximum atomic E-state index is 13.2. The third kappa shape index (κ3) is 9.65. The van der Waals surface area contributed by atoms with E-state index in [0.29, 0.717) is 12.2 Å². The van der Waals surface area contributed by atoms with Crippen molar-refractivity contribution in [3.63, 3.8) is 0 Å². The number of hydrogen-bond acceptors (Lipinski definition) is 7. The highest BCUT2D eigenvalue weighted by Gasteiger charge is 2.29. The molecule has 36 heavy (non-hydrogen) atoms. The fourth-order valence-electron chi connectivity index (χ4n) is 3.53. The minimum atomic E-state index is -1.01. The number of rotatable bonds is 6. The fourth-order valence-corrected chi connectivity index (χ4v) is 3.53. The van der Waals surface area contributed by atoms with Crippen molar-refractivity contribution in [2.75, 3.05) is 20.3 Å². The molecule has 196 valence electrons. The Bertz CT molecular complexity index is 974. The van der Waals surface area contributed by atoms with Crippen molar-refractivity contribution in [3.8, 4) is 5.75 Å². The largest absolute Gasteiger partial charge is 0.490 e. The number of ether oxygens (including phenoxy) is 2. The quantitative estimate of drug-likeness (QED) is 0.111. The molecule has 2 aliphatic heterocycles. The molecule has 2 heterocycles. The van der Waals surface area contributed by atoms with Gasteiger partial charge >= 0.3 is 5.97 Å². The maximum absolute atomic E-state index is 13.2. The SMILES string of the molecule is COC(=O)[C@H]1C/C=C\COc2ccc(cc2)C[C@H](NC(C)=O)C(=O)N[C@H](CCCN=C(N)N)C(=O)N1. The van der Waals surface area contributed by atoms with E-state index >= 15 is 0 Å². The molecule has 0 saturated carbocycles. The summed E-state index contributed by atoms with van der Waals surface area (Å²) in [7, 11) is 1.22. The standard InChI is InChI=1S/C24H34N6O6/c1-15(31)28-20-14-16-8-10-17(11-9-16)36-13-4-3-6-19(23(34)35-2)30-21(32)18(29-22(20)33)7-5-12-27-24(25)26/h3-4,8-11,18-20H,5-7,12-14H2,1-2H3,(H,28,31)(H,29,33)(H,30,32)(H4,25,26,27)/b4-3-/t18-,19-,20+/m1/s1. The van der Waals surface area contributed by atoms with E-state index in [0.717, 1.165) is 5.56 Å². The van der Waals surface area contributed by atoms with Gasteiger partial charge in [0.1, 0.15) is 30.5 Å². The molecular weight excluding hydrogens is 468 g/mol. The lowest BCUT2D eigenvalue weighted by Gasteiger charge is -2.24. The van der Waals surface area contributed by atoms with Crippen molar-refractivity contribution in [1.29, 1.82) is 0 Å². The Labute approximate surface area is 209 Å². The van der Waals surface area contributed by atoms with Gasteiger partial charge in [-0.25, -0.2) is 4.79 Å². The number of aliphatic imine (C=N–C) groups is 1. The third-order valence-corrected chi connectivity index (χ3v) is 5.32. The van der Waals surface area contributed by atoms with Crippen LogP contribution < -0.4 is 32.2 Å². The number of hydrogen-bond donors (Lipinski definition) is 5. The van der Waals surface area contributed by atoms with Gasteiger partial charge < -0.3 is 36.9 Å². The summed E-state index contributed by atoms with van der Waals surface area (Å²) in [5.74, 6) is -1.63.